The van der Waals surface area contributed by atoms with E-state index in [1.807, 2.05) is 6.07 Å². The van der Waals surface area contributed by atoms with Crippen molar-refractivity contribution in [3.63, 3.8) is 0 Å². The van der Waals surface area contributed by atoms with E-state index in [9.17, 15) is 0 Å². The highest BCUT2D eigenvalue weighted by atomic mass is 35.5. The molecule has 1 saturated heterocycles. The summed E-state index contributed by atoms with van der Waals surface area (Å²) in [6.45, 7) is 5.29. The zero-order valence-corrected chi connectivity index (χ0v) is 14.6. The van der Waals surface area contributed by atoms with Gasteiger partial charge in [-0.15, -0.1) is 0 Å². The Morgan fingerprint density at radius 3 is 2.75 bits per heavy atom. The Hall–Kier alpha value is -1.60. The minimum Gasteiger partial charge on any atom is -0.379 e. The maximum atomic E-state index is 6.02. The van der Waals surface area contributed by atoms with Gasteiger partial charge in [0.2, 0.25) is 5.95 Å². The number of hydrogen-bond acceptors (Lipinski definition) is 6. The average molecular weight is 368 g/mol. The van der Waals surface area contributed by atoms with Crippen LogP contribution in [0, 0.1) is 0 Å². The number of nitrogens with one attached hydrogen (secondary N) is 2. The van der Waals surface area contributed by atoms with Crippen LogP contribution in [-0.4, -0.2) is 54.3 Å². The molecule has 128 valence electrons. The molecule has 24 heavy (non-hydrogen) atoms. The summed E-state index contributed by atoms with van der Waals surface area (Å²) in [6.07, 6.45) is 1.71. The standard InChI is InChI=1S/C16H19Cl2N5O/c17-13-2-1-12(11-14(13)18)21-15-3-4-19-16(22-15)20-5-6-23-7-9-24-10-8-23/h1-4,11H,5-10H2,(H2,19,20,21,22). The van der Waals surface area contributed by atoms with Gasteiger partial charge in [0, 0.05) is 38.1 Å². The molecule has 0 spiro atoms. The van der Waals surface area contributed by atoms with Gasteiger partial charge in [-0.05, 0) is 24.3 Å². The number of ether oxygens (including phenoxy) is 1. The van der Waals surface area contributed by atoms with Crippen LogP contribution in [0.1, 0.15) is 0 Å². The Bertz CT molecular complexity index is 679. The summed E-state index contributed by atoms with van der Waals surface area (Å²) in [5, 5.41) is 7.46. The van der Waals surface area contributed by atoms with E-state index in [0.29, 0.717) is 21.8 Å². The van der Waals surface area contributed by atoms with Gasteiger partial charge in [-0.1, -0.05) is 23.2 Å². The summed E-state index contributed by atoms with van der Waals surface area (Å²) in [5.41, 5.74) is 0.822. The summed E-state index contributed by atoms with van der Waals surface area (Å²) >= 11 is 11.9. The number of benzene rings is 1. The summed E-state index contributed by atoms with van der Waals surface area (Å²) in [7, 11) is 0. The smallest absolute Gasteiger partial charge is 0.224 e. The molecule has 1 aliphatic heterocycles. The minimum atomic E-state index is 0.500. The molecule has 0 aliphatic carbocycles. The lowest BCUT2D eigenvalue weighted by Crippen LogP contribution is -2.39. The number of aromatic nitrogens is 2. The lowest BCUT2D eigenvalue weighted by molar-refractivity contribution is 0.0398. The van der Waals surface area contributed by atoms with Crippen molar-refractivity contribution in [2.75, 3.05) is 50.0 Å². The molecule has 6 nitrogen and oxygen atoms in total. The van der Waals surface area contributed by atoms with Gasteiger partial charge in [0.1, 0.15) is 5.82 Å². The molecule has 1 aromatic heterocycles. The van der Waals surface area contributed by atoms with E-state index in [1.54, 1.807) is 24.4 Å². The first kappa shape index (κ1) is 17.2. The van der Waals surface area contributed by atoms with E-state index in [4.69, 9.17) is 27.9 Å². The molecule has 2 heterocycles. The predicted molar refractivity (Wildman–Crippen MR) is 97.5 cm³/mol. The first-order valence-corrected chi connectivity index (χ1v) is 8.55. The molecular formula is C16H19Cl2N5O. The normalized spacial score (nSPS) is 15.2. The van der Waals surface area contributed by atoms with E-state index in [0.717, 1.165) is 45.1 Å². The molecule has 0 atom stereocenters. The number of anilines is 3. The van der Waals surface area contributed by atoms with Gasteiger partial charge in [0.25, 0.3) is 0 Å². The maximum Gasteiger partial charge on any atom is 0.224 e. The van der Waals surface area contributed by atoms with Crippen molar-refractivity contribution in [3.8, 4) is 0 Å². The highest BCUT2D eigenvalue weighted by Gasteiger charge is 2.09. The average Bonchev–Trinajstić information content (AvgIpc) is 2.60. The Morgan fingerprint density at radius 1 is 1.12 bits per heavy atom. The first-order chi connectivity index (χ1) is 11.7. The van der Waals surface area contributed by atoms with Crippen LogP contribution < -0.4 is 10.6 Å². The number of hydrogen-bond donors (Lipinski definition) is 2. The zero-order valence-electron chi connectivity index (χ0n) is 13.1. The maximum absolute atomic E-state index is 6.02. The van der Waals surface area contributed by atoms with Gasteiger partial charge in [-0.3, -0.25) is 4.90 Å². The van der Waals surface area contributed by atoms with Crippen LogP contribution in [0.15, 0.2) is 30.5 Å². The molecule has 0 bridgehead atoms. The Kier molecular flexibility index (Phi) is 6.09. The van der Waals surface area contributed by atoms with Crippen molar-refractivity contribution >= 4 is 40.7 Å². The topological polar surface area (TPSA) is 62.3 Å². The van der Waals surface area contributed by atoms with Crippen molar-refractivity contribution < 1.29 is 4.74 Å². The molecular weight excluding hydrogens is 349 g/mol. The van der Waals surface area contributed by atoms with Gasteiger partial charge >= 0.3 is 0 Å². The van der Waals surface area contributed by atoms with E-state index in [2.05, 4.69) is 25.5 Å². The van der Waals surface area contributed by atoms with Crippen molar-refractivity contribution in [2.45, 2.75) is 0 Å². The van der Waals surface area contributed by atoms with Crippen molar-refractivity contribution in [1.82, 2.24) is 14.9 Å². The summed E-state index contributed by atoms with van der Waals surface area (Å²) in [4.78, 5) is 11.0. The largest absolute Gasteiger partial charge is 0.379 e. The fourth-order valence-corrected chi connectivity index (χ4v) is 2.68. The van der Waals surface area contributed by atoms with Gasteiger partial charge in [0.05, 0.1) is 23.3 Å². The van der Waals surface area contributed by atoms with Crippen LogP contribution in [0.4, 0.5) is 17.5 Å². The van der Waals surface area contributed by atoms with E-state index in [-0.39, 0.29) is 0 Å². The van der Waals surface area contributed by atoms with Crippen LogP contribution >= 0.6 is 23.2 Å². The fourth-order valence-electron chi connectivity index (χ4n) is 2.39. The third-order valence-corrected chi connectivity index (χ3v) is 4.40. The first-order valence-electron chi connectivity index (χ1n) is 7.80. The lowest BCUT2D eigenvalue weighted by Gasteiger charge is -2.26. The second-order valence-corrected chi connectivity index (χ2v) is 6.21. The number of nitrogens with zero attached hydrogens (tertiary/aromatic N) is 3. The minimum absolute atomic E-state index is 0.500. The van der Waals surface area contributed by atoms with Crippen molar-refractivity contribution in [3.05, 3.63) is 40.5 Å². The summed E-state index contributed by atoms with van der Waals surface area (Å²) in [5.74, 6) is 1.28. The summed E-state index contributed by atoms with van der Waals surface area (Å²) in [6, 6.07) is 7.16. The van der Waals surface area contributed by atoms with Crippen molar-refractivity contribution in [1.29, 1.82) is 0 Å². The predicted octanol–water partition coefficient (Wildman–Crippen LogP) is 3.27. The van der Waals surface area contributed by atoms with Gasteiger partial charge in [-0.25, -0.2) is 4.98 Å². The van der Waals surface area contributed by atoms with Gasteiger partial charge in [0.15, 0.2) is 0 Å². The molecule has 0 unspecified atom stereocenters. The molecule has 1 fully saturated rings. The van der Waals surface area contributed by atoms with Gasteiger partial charge in [-0.2, -0.15) is 4.98 Å². The molecule has 8 heteroatoms. The van der Waals surface area contributed by atoms with Crippen LogP contribution in [0.5, 0.6) is 0 Å². The molecule has 2 N–H and O–H groups in total. The van der Waals surface area contributed by atoms with E-state index in [1.165, 1.54) is 0 Å². The molecule has 0 radical (unpaired) electrons. The Morgan fingerprint density at radius 2 is 1.96 bits per heavy atom. The lowest BCUT2D eigenvalue weighted by atomic mass is 10.3. The van der Waals surface area contributed by atoms with Crippen LogP contribution in [0.25, 0.3) is 0 Å². The number of halogens is 2. The van der Waals surface area contributed by atoms with E-state index >= 15 is 0 Å². The molecule has 0 amide bonds. The van der Waals surface area contributed by atoms with Crippen LogP contribution in [0.3, 0.4) is 0 Å². The van der Waals surface area contributed by atoms with Crippen LogP contribution in [0.2, 0.25) is 10.0 Å². The molecule has 1 aliphatic rings. The third-order valence-electron chi connectivity index (χ3n) is 3.66. The molecule has 2 aromatic rings. The molecule has 0 saturated carbocycles. The third kappa shape index (κ3) is 4.95. The van der Waals surface area contributed by atoms with E-state index < -0.39 is 0 Å². The number of rotatable bonds is 6. The highest BCUT2D eigenvalue weighted by molar-refractivity contribution is 6.42. The van der Waals surface area contributed by atoms with Crippen molar-refractivity contribution in [2.24, 2.45) is 0 Å². The molecule has 3 rings (SSSR count). The van der Waals surface area contributed by atoms with Crippen LogP contribution in [-0.2, 0) is 4.74 Å². The number of morpholine rings is 1. The quantitative estimate of drug-likeness (QED) is 0.816. The zero-order chi connectivity index (χ0) is 16.8. The molecule has 1 aromatic carbocycles. The monoisotopic (exact) mass is 367 g/mol. The van der Waals surface area contributed by atoms with Gasteiger partial charge < -0.3 is 15.4 Å². The highest BCUT2D eigenvalue weighted by Crippen LogP contribution is 2.26. The SMILES string of the molecule is Clc1ccc(Nc2ccnc(NCCN3CCOCC3)n2)cc1Cl. The second kappa shape index (κ2) is 8.48. The Balaban J connectivity index is 1.54. The summed E-state index contributed by atoms with van der Waals surface area (Å²) < 4.78 is 5.34. The fraction of sp³-hybridized carbons (Fsp3) is 0.375. The second-order valence-electron chi connectivity index (χ2n) is 5.40. The Labute approximate surface area is 151 Å².